The number of carboxylic acids is 1. The van der Waals surface area contributed by atoms with Crippen molar-refractivity contribution in [3.63, 3.8) is 0 Å². The van der Waals surface area contributed by atoms with Crippen LogP contribution < -0.4 is 0 Å². The van der Waals surface area contributed by atoms with E-state index in [1.807, 2.05) is 26.0 Å². The predicted octanol–water partition coefficient (Wildman–Crippen LogP) is 2.14. The first-order valence-corrected chi connectivity index (χ1v) is 7.46. The molecule has 7 heteroatoms. The number of hydrogen-bond acceptors (Lipinski definition) is 5. The van der Waals surface area contributed by atoms with Gasteiger partial charge in [0.25, 0.3) is 0 Å². The van der Waals surface area contributed by atoms with Gasteiger partial charge in [0.15, 0.2) is 5.82 Å². The van der Waals surface area contributed by atoms with Gasteiger partial charge in [0.05, 0.1) is 17.6 Å². The third-order valence-electron chi connectivity index (χ3n) is 3.76. The number of aliphatic carboxylic acids is 1. The molecule has 2 aromatic rings. The van der Waals surface area contributed by atoms with Crippen LogP contribution in [-0.4, -0.2) is 31.7 Å². The fourth-order valence-electron chi connectivity index (χ4n) is 2.65. The van der Waals surface area contributed by atoms with Crippen LogP contribution in [0.4, 0.5) is 0 Å². The van der Waals surface area contributed by atoms with E-state index in [0.29, 0.717) is 24.2 Å². The molecule has 1 heterocycles. The molecule has 120 valence electrons. The summed E-state index contributed by atoms with van der Waals surface area (Å²) in [5.41, 5.74) is 1.51. The summed E-state index contributed by atoms with van der Waals surface area (Å²) in [4.78, 5) is 11.7. The third kappa shape index (κ3) is 4.36. The Balaban J connectivity index is 2.29. The first kappa shape index (κ1) is 16.6. The highest BCUT2D eigenvalue weighted by atomic mass is 16.4. The molecule has 0 spiro atoms. The maximum atomic E-state index is 11.7. The maximum Gasteiger partial charge on any atom is 0.307 e. The van der Waals surface area contributed by atoms with Gasteiger partial charge in [-0.05, 0) is 36.5 Å². The molecule has 2 atom stereocenters. The zero-order valence-electron chi connectivity index (χ0n) is 13.1. The van der Waals surface area contributed by atoms with Gasteiger partial charge in [0, 0.05) is 5.92 Å². The fourth-order valence-corrected chi connectivity index (χ4v) is 2.65. The van der Waals surface area contributed by atoms with Gasteiger partial charge in [-0.25, -0.2) is 0 Å². The molecule has 23 heavy (non-hydrogen) atoms. The van der Waals surface area contributed by atoms with E-state index < -0.39 is 11.9 Å². The molecule has 0 aliphatic rings. The van der Waals surface area contributed by atoms with Gasteiger partial charge in [-0.15, -0.1) is 10.2 Å². The van der Waals surface area contributed by atoms with Gasteiger partial charge in [-0.3, -0.25) is 4.79 Å². The largest absolute Gasteiger partial charge is 0.481 e. The smallest absolute Gasteiger partial charge is 0.307 e. The molecule has 1 aromatic heterocycles. The summed E-state index contributed by atoms with van der Waals surface area (Å²) in [7, 11) is 0. The summed E-state index contributed by atoms with van der Waals surface area (Å²) in [5.74, 6) is -1.18. The van der Waals surface area contributed by atoms with E-state index in [2.05, 4.69) is 26.7 Å². The van der Waals surface area contributed by atoms with Crippen LogP contribution in [0.2, 0.25) is 0 Å². The molecule has 7 nitrogen and oxygen atoms in total. The molecule has 2 unspecified atom stereocenters. The van der Waals surface area contributed by atoms with Crippen LogP contribution in [-0.2, 0) is 11.2 Å². The lowest BCUT2D eigenvalue weighted by atomic mass is 9.81. The highest BCUT2D eigenvalue weighted by molar-refractivity contribution is 5.71. The number of nitrogens with zero attached hydrogens (tertiary/aromatic N) is 4. The van der Waals surface area contributed by atoms with Crippen molar-refractivity contribution in [2.75, 3.05) is 0 Å². The molecule has 1 aromatic carbocycles. The van der Waals surface area contributed by atoms with Crippen LogP contribution in [0.5, 0.6) is 0 Å². The molecule has 0 aliphatic carbocycles. The van der Waals surface area contributed by atoms with Gasteiger partial charge in [-0.2, -0.15) is 10.5 Å². The van der Waals surface area contributed by atoms with E-state index in [0.717, 1.165) is 5.56 Å². The average molecular weight is 313 g/mol. The minimum Gasteiger partial charge on any atom is -0.481 e. The van der Waals surface area contributed by atoms with Crippen molar-refractivity contribution in [1.29, 1.82) is 5.26 Å². The molecule has 0 amide bonds. The Hall–Kier alpha value is -2.75. The zero-order chi connectivity index (χ0) is 16.8. The van der Waals surface area contributed by atoms with Gasteiger partial charge >= 0.3 is 5.97 Å². The highest BCUT2D eigenvalue weighted by Gasteiger charge is 2.33. The van der Waals surface area contributed by atoms with E-state index in [1.54, 1.807) is 12.1 Å². The molecule has 0 radical (unpaired) electrons. The molecule has 2 N–H and O–H groups in total. The Morgan fingerprint density at radius 2 is 2.04 bits per heavy atom. The number of carbonyl (C=O) groups is 1. The van der Waals surface area contributed by atoms with Gasteiger partial charge in [-0.1, -0.05) is 31.2 Å². The topological polar surface area (TPSA) is 116 Å². The van der Waals surface area contributed by atoms with E-state index in [4.69, 9.17) is 5.26 Å². The summed E-state index contributed by atoms with van der Waals surface area (Å²) in [6, 6.07) is 9.18. The molecule has 0 aliphatic heterocycles. The second kappa shape index (κ2) is 7.49. The summed E-state index contributed by atoms with van der Waals surface area (Å²) < 4.78 is 0. The number of aromatic amines is 1. The number of tetrazole rings is 1. The lowest BCUT2D eigenvalue weighted by Gasteiger charge is -2.23. The number of H-pyrrole nitrogens is 1. The number of nitriles is 1. The van der Waals surface area contributed by atoms with Crippen LogP contribution in [0.15, 0.2) is 24.3 Å². The Morgan fingerprint density at radius 1 is 1.35 bits per heavy atom. The lowest BCUT2D eigenvalue weighted by molar-refractivity contribution is -0.143. The monoisotopic (exact) mass is 313 g/mol. The minimum atomic E-state index is -0.859. The number of carboxylic acid groups (broad SMARTS) is 1. The van der Waals surface area contributed by atoms with Crippen molar-refractivity contribution >= 4 is 5.97 Å². The molecule has 0 bridgehead atoms. The Kier molecular flexibility index (Phi) is 5.41. The number of benzene rings is 1. The summed E-state index contributed by atoms with van der Waals surface area (Å²) in [6.07, 6.45) is 1.01. The first-order valence-electron chi connectivity index (χ1n) is 7.46. The van der Waals surface area contributed by atoms with Gasteiger partial charge in [0.2, 0.25) is 0 Å². The zero-order valence-corrected chi connectivity index (χ0v) is 13.1. The third-order valence-corrected chi connectivity index (χ3v) is 3.76. The van der Waals surface area contributed by atoms with Crippen LogP contribution in [0.25, 0.3) is 0 Å². The van der Waals surface area contributed by atoms with Crippen molar-refractivity contribution in [3.05, 3.63) is 41.2 Å². The van der Waals surface area contributed by atoms with Crippen LogP contribution in [0, 0.1) is 23.2 Å². The summed E-state index contributed by atoms with van der Waals surface area (Å²) in [5, 5.41) is 32.4. The highest BCUT2D eigenvalue weighted by Crippen LogP contribution is 2.31. The number of nitrogens with one attached hydrogen (secondary N) is 1. The second-order valence-corrected chi connectivity index (χ2v) is 5.96. The Labute approximate surface area is 134 Å². The summed E-state index contributed by atoms with van der Waals surface area (Å²) >= 11 is 0. The van der Waals surface area contributed by atoms with Gasteiger partial charge in [0.1, 0.15) is 0 Å². The van der Waals surface area contributed by atoms with E-state index >= 15 is 0 Å². The van der Waals surface area contributed by atoms with Crippen molar-refractivity contribution in [2.24, 2.45) is 11.8 Å². The standard InChI is InChI=1S/C16H19N5O2/c1-10(2)7-14(16(22)23)13(15-18-20-21-19-15)8-11-3-5-12(9-17)6-4-11/h3-6,10,13-14H,7-8H2,1-2H3,(H,22,23)(H,18,19,20,21). The maximum absolute atomic E-state index is 11.7. The SMILES string of the molecule is CC(C)CC(C(=O)O)C(Cc1ccc(C#N)cc1)c1nn[nH]n1. The fraction of sp³-hybridized carbons (Fsp3) is 0.438. The number of hydrogen-bond donors (Lipinski definition) is 2. The minimum absolute atomic E-state index is 0.242. The predicted molar refractivity (Wildman–Crippen MR) is 82.4 cm³/mol. The van der Waals surface area contributed by atoms with Crippen molar-refractivity contribution < 1.29 is 9.90 Å². The van der Waals surface area contributed by atoms with Crippen LogP contribution >= 0.6 is 0 Å². The van der Waals surface area contributed by atoms with E-state index in [1.165, 1.54) is 0 Å². The molecule has 0 saturated heterocycles. The molecule has 2 rings (SSSR count). The summed E-state index contributed by atoms with van der Waals surface area (Å²) in [6.45, 7) is 3.98. The van der Waals surface area contributed by atoms with Crippen molar-refractivity contribution in [3.8, 4) is 6.07 Å². The average Bonchev–Trinajstić information content (AvgIpc) is 3.05. The second-order valence-electron chi connectivity index (χ2n) is 5.96. The quantitative estimate of drug-likeness (QED) is 0.809. The van der Waals surface area contributed by atoms with E-state index in [9.17, 15) is 9.90 Å². The van der Waals surface area contributed by atoms with Crippen molar-refractivity contribution in [2.45, 2.75) is 32.6 Å². The number of rotatable bonds is 7. The lowest BCUT2D eigenvalue weighted by Crippen LogP contribution is -2.26. The van der Waals surface area contributed by atoms with Gasteiger partial charge < -0.3 is 5.11 Å². The molecule has 0 fully saturated rings. The normalized spacial score (nSPS) is 13.5. The van der Waals surface area contributed by atoms with Crippen LogP contribution in [0.3, 0.4) is 0 Å². The molecular formula is C16H19N5O2. The molecular weight excluding hydrogens is 294 g/mol. The van der Waals surface area contributed by atoms with E-state index in [-0.39, 0.29) is 11.8 Å². The van der Waals surface area contributed by atoms with Crippen LogP contribution in [0.1, 0.15) is 43.1 Å². The van der Waals surface area contributed by atoms with Crippen molar-refractivity contribution in [1.82, 2.24) is 20.6 Å². The molecule has 0 saturated carbocycles. The Morgan fingerprint density at radius 3 is 2.52 bits per heavy atom. The number of aromatic nitrogens is 4. The Bertz CT molecular complexity index is 673. The first-order chi connectivity index (χ1) is 11.0.